The molecular formula is C9H15NO. The Morgan fingerprint density at radius 2 is 2.09 bits per heavy atom. The van der Waals surface area contributed by atoms with Crippen molar-refractivity contribution in [2.75, 3.05) is 0 Å². The van der Waals surface area contributed by atoms with Gasteiger partial charge in [-0.15, -0.1) is 0 Å². The molecule has 0 fully saturated rings. The standard InChI is InChI=1S/C9H15NO/c1-7-4-9(2,3)5-8(11)10-6-7/h6H,4-5H2,1-3H3,(H,10,11). The molecule has 1 heterocycles. The SMILES string of the molecule is CC1=CNC(=O)CC(C)(C)C1. The van der Waals surface area contributed by atoms with Crippen LogP contribution >= 0.6 is 0 Å². The van der Waals surface area contributed by atoms with Crippen LogP contribution in [0, 0.1) is 5.41 Å². The fourth-order valence-corrected chi connectivity index (χ4v) is 1.56. The van der Waals surface area contributed by atoms with Gasteiger partial charge in [-0.05, 0) is 18.8 Å². The van der Waals surface area contributed by atoms with E-state index in [2.05, 4.69) is 19.2 Å². The molecule has 0 aromatic carbocycles. The van der Waals surface area contributed by atoms with Crippen molar-refractivity contribution in [1.29, 1.82) is 0 Å². The van der Waals surface area contributed by atoms with Crippen molar-refractivity contribution in [1.82, 2.24) is 5.32 Å². The van der Waals surface area contributed by atoms with Crippen LogP contribution in [-0.2, 0) is 4.79 Å². The zero-order valence-corrected chi connectivity index (χ0v) is 7.40. The first kappa shape index (κ1) is 8.31. The minimum absolute atomic E-state index is 0.126. The molecule has 1 rings (SSSR count). The largest absolute Gasteiger partial charge is 0.333 e. The Morgan fingerprint density at radius 3 is 2.73 bits per heavy atom. The molecule has 1 N–H and O–H groups in total. The van der Waals surface area contributed by atoms with Crippen molar-refractivity contribution in [3.8, 4) is 0 Å². The van der Waals surface area contributed by atoms with E-state index in [1.54, 1.807) is 0 Å². The second-order valence-corrected chi connectivity index (χ2v) is 4.08. The molecule has 2 heteroatoms. The Labute approximate surface area is 67.7 Å². The molecule has 1 aliphatic rings. The molecular weight excluding hydrogens is 138 g/mol. The topological polar surface area (TPSA) is 29.1 Å². The summed E-state index contributed by atoms with van der Waals surface area (Å²) in [6.07, 6.45) is 3.45. The summed E-state index contributed by atoms with van der Waals surface area (Å²) in [5, 5.41) is 2.75. The third-order valence-electron chi connectivity index (χ3n) is 1.88. The van der Waals surface area contributed by atoms with Gasteiger partial charge in [-0.1, -0.05) is 19.4 Å². The summed E-state index contributed by atoms with van der Waals surface area (Å²) < 4.78 is 0. The molecule has 0 aliphatic carbocycles. The highest BCUT2D eigenvalue weighted by atomic mass is 16.1. The average molecular weight is 153 g/mol. The molecule has 62 valence electrons. The van der Waals surface area contributed by atoms with Crippen molar-refractivity contribution in [3.05, 3.63) is 11.8 Å². The van der Waals surface area contributed by atoms with Gasteiger partial charge in [-0.2, -0.15) is 0 Å². The lowest BCUT2D eigenvalue weighted by Gasteiger charge is -2.20. The van der Waals surface area contributed by atoms with Crippen LogP contribution in [0.1, 0.15) is 33.6 Å². The van der Waals surface area contributed by atoms with E-state index >= 15 is 0 Å². The number of allylic oxidation sites excluding steroid dienone is 1. The lowest BCUT2D eigenvalue weighted by atomic mass is 9.84. The summed E-state index contributed by atoms with van der Waals surface area (Å²) in [4.78, 5) is 11.1. The third-order valence-corrected chi connectivity index (χ3v) is 1.88. The first-order chi connectivity index (χ1) is 4.99. The maximum Gasteiger partial charge on any atom is 0.224 e. The van der Waals surface area contributed by atoms with Crippen LogP contribution in [0.4, 0.5) is 0 Å². The van der Waals surface area contributed by atoms with Crippen LogP contribution in [0.25, 0.3) is 0 Å². The summed E-state index contributed by atoms with van der Waals surface area (Å²) >= 11 is 0. The zero-order chi connectivity index (χ0) is 8.48. The summed E-state index contributed by atoms with van der Waals surface area (Å²) in [6.45, 7) is 6.29. The molecule has 0 spiro atoms. The van der Waals surface area contributed by atoms with Crippen LogP contribution in [-0.4, -0.2) is 5.91 Å². The minimum Gasteiger partial charge on any atom is -0.333 e. The Kier molecular flexibility index (Phi) is 2.03. The first-order valence-electron chi connectivity index (χ1n) is 3.95. The Bertz CT molecular complexity index is 204. The van der Waals surface area contributed by atoms with E-state index < -0.39 is 0 Å². The van der Waals surface area contributed by atoms with Crippen molar-refractivity contribution in [3.63, 3.8) is 0 Å². The van der Waals surface area contributed by atoms with Crippen LogP contribution < -0.4 is 5.32 Å². The van der Waals surface area contributed by atoms with Crippen molar-refractivity contribution < 1.29 is 4.79 Å². The average Bonchev–Trinajstić information content (AvgIpc) is 1.89. The Morgan fingerprint density at radius 1 is 1.45 bits per heavy atom. The maximum absolute atomic E-state index is 11.1. The van der Waals surface area contributed by atoms with Gasteiger partial charge < -0.3 is 5.32 Å². The summed E-state index contributed by atoms with van der Waals surface area (Å²) in [6, 6.07) is 0. The molecule has 1 aliphatic heterocycles. The van der Waals surface area contributed by atoms with E-state index in [1.165, 1.54) is 5.57 Å². The molecule has 0 atom stereocenters. The number of hydrogen-bond acceptors (Lipinski definition) is 1. The molecule has 0 aromatic rings. The van der Waals surface area contributed by atoms with E-state index in [0.29, 0.717) is 6.42 Å². The van der Waals surface area contributed by atoms with Crippen LogP contribution in [0.3, 0.4) is 0 Å². The number of amides is 1. The van der Waals surface area contributed by atoms with Gasteiger partial charge in [0.15, 0.2) is 0 Å². The Hall–Kier alpha value is -0.790. The second-order valence-electron chi connectivity index (χ2n) is 4.08. The highest BCUT2D eigenvalue weighted by Gasteiger charge is 2.24. The first-order valence-corrected chi connectivity index (χ1v) is 3.95. The van der Waals surface area contributed by atoms with Gasteiger partial charge in [0, 0.05) is 12.6 Å². The number of rotatable bonds is 0. The molecule has 11 heavy (non-hydrogen) atoms. The van der Waals surface area contributed by atoms with Crippen LogP contribution in [0.2, 0.25) is 0 Å². The normalized spacial score (nSPS) is 23.5. The predicted octanol–water partition coefficient (Wildman–Crippen LogP) is 1.83. The van der Waals surface area contributed by atoms with Gasteiger partial charge in [0.05, 0.1) is 0 Å². The molecule has 2 nitrogen and oxygen atoms in total. The van der Waals surface area contributed by atoms with Crippen molar-refractivity contribution in [2.24, 2.45) is 5.41 Å². The van der Waals surface area contributed by atoms with Crippen molar-refractivity contribution in [2.45, 2.75) is 33.6 Å². The maximum atomic E-state index is 11.1. The third kappa shape index (κ3) is 2.37. The monoisotopic (exact) mass is 153 g/mol. The molecule has 0 aromatic heterocycles. The van der Waals surface area contributed by atoms with Gasteiger partial charge >= 0.3 is 0 Å². The minimum atomic E-state index is 0.126. The van der Waals surface area contributed by atoms with Gasteiger partial charge in [0.2, 0.25) is 5.91 Å². The molecule has 0 saturated heterocycles. The smallest absolute Gasteiger partial charge is 0.224 e. The van der Waals surface area contributed by atoms with E-state index in [9.17, 15) is 4.79 Å². The number of hydrogen-bond donors (Lipinski definition) is 1. The Balaban J connectivity index is 2.76. The quantitative estimate of drug-likeness (QED) is 0.565. The fraction of sp³-hybridized carbons (Fsp3) is 0.667. The second kappa shape index (κ2) is 2.68. The van der Waals surface area contributed by atoms with Crippen molar-refractivity contribution >= 4 is 5.91 Å². The molecule has 1 amide bonds. The molecule has 0 saturated carbocycles. The van der Waals surface area contributed by atoms with E-state index in [0.717, 1.165) is 6.42 Å². The van der Waals surface area contributed by atoms with Crippen LogP contribution in [0.15, 0.2) is 11.8 Å². The number of nitrogens with one attached hydrogen (secondary N) is 1. The zero-order valence-electron chi connectivity index (χ0n) is 7.40. The van der Waals surface area contributed by atoms with Gasteiger partial charge in [-0.3, -0.25) is 4.79 Å². The van der Waals surface area contributed by atoms with E-state index in [1.807, 2.05) is 13.1 Å². The van der Waals surface area contributed by atoms with Gasteiger partial charge in [0.1, 0.15) is 0 Å². The lowest BCUT2D eigenvalue weighted by Crippen LogP contribution is -2.21. The highest BCUT2D eigenvalue weighted by Crippen LogP contribution is 2.30. The van der Waals surface area contributed by atoms with Gasteiger partial charge in [-0.25, -0.2) is 0 Å². The number of carbonyl (C=O) groups excluding carboxylic acids is 1. The summed E-state index contributed by atoms with van der Waals surface area (Å²) in [5.74, 6) is 0.131. The molecule has 0 bridgehead atoms. The number of carbonyl (C=O) groups is 1. The van der Waals surface area contributed by atoms with Gasteiger partial charge in [0.25, 0.3) is 0 Å². The lowest BCUT2D eigenvalue weighted by molar-refractivity contribution is -0.121. The highest BCUT2D eigenvalue weighted by molar-refractivity contribution is 5.78. The summed E-state index contributed by atoms with van der Waals surface area (Å²) in [5.41, 5.74) is 1.38. The molecule has 0 radical (unpaired) electrons. The fourth-order valence-electron chi connectivity index (χ4n) is 1.56. The van der Waals surface area contributed by atoms with E-state index in [4.69, 9.17) is 0 Å². The predicted molar refractivity (Wildman–Crippen MR) is 44.9 cm³/mol. The van der Waals surface area contributed by atoms with E-state index in [-0.39, 0.29) is 11.3 Å². The summed E-state index contributed by atoms with van der Waals surface area (Å²) in [7, 11) is 0. The molecule has 0 unspecified atom stereocenters. The van der Waals surface area contributed by atoms with Crippen LogP contribution in [0.5, 0.6) is 0 Å².